The van der Waals surface area contributed by atoms with Crippen LogP contribution in [-0.2, 0) is 4.79 Å². The Kier molecular flexibility index (Phi) is 4.94. The third-order valence-corrected chi connectivity index (χ3v) is 1.33. The summed E-state index contributed by atoms with van der Waals surface area (Å²) in [5.74, 6) is 0.0981. The van der Waals surface area contributed by atoms with Crippen molar-refractivity contribution in [3.8, 4) is 0 Å². The Labute approximate surface area is 62.0 Å². The molecule has 0 aromatic carbocycles. The zero-order valence-electron chi connectivity index (χ0n) is 6.68. The summed E-state index contributed by atoms with van der Waals surface area (Å²) in [5.41, 5.74) is 5.30. The third kappa shape index (κ3) is 4.32. The molecule has 0 saturated carbocycles. The van der Waals surface area contributed by atoms with E-state index in [9.17, 15) is 4.79 Å². The number of carbonyl (C=O) groups is 1. The molecule has 0 spiro atoms. The van der Waals surface area contributed by atoms with E-state index in [1.807, 2.05) is 13.8 Å². The van der Waals surface area contributed by atoms with Crippen LogP contribution in [0.4, 0.5) is 0 Å². The van der Waals surface area contributed by atoms with Gasteiger partial charge in [0.15, 0.2) is 0 Å². The molecule has 1 unspecified atom stereocenters. The van der Waals surface area contributed by atoms with Gasteiger partial charge in [-0.1, -0.05) is 6.92 Å². The number of nitrogens with two attached hydrogens (primary N) is 1. The quantitative estimate of drug-likeness (QED) is 0.594. The molecule has 3 heteroatoms. The van der Waals surface area contributed by atoms with E-state index in [1.165, 1.54) is 0 Å². The summed E-state index contributed by atoms with van der Waals surface area (Å²) in [5, 5.41) is 2.81. The van der Waals surface area contributed by atoms with Gasteiger partial charge in [-0.05, 0) is 19.9 Å². The molecule has 10 heavy (non-hydrogen) atoms. The molecule has 0 radical (unpaired) electrons. The highest BCUT2D eigenvalue weighted by molar-refractivity contribution is 5.75. The summed E-state index contributed by atoms with van der Waals surface area (Å²) >= 11 is 0. The minimum absolute atomic E-state index is 0.0981. The van der Waals surface area contributed by atoms with Crippen molar-refractivity contribution < 1.29 is 4.79 Å². The Morgan fingerprint density at radius 3 is 2.70 bits per heavy atom. The van der Waals surface area contributed by atoms with Crippen molar-refractivity contribution in [3.05, 3.63) is 0 Å². The van der Waals surface area contributed by atoms with Crippen molar-refractivity contribution in [2.45, 2.75) is 32.7 Å². The van der Waals surface area contributed by atoms with Crippen LogP contribution in [0.2, 0.25) is 0 Å². The van der Waals surface area contributed by atoms with Crippen molar-refractivity contribution in [1.82, 2.24) is 5.32 Å². The van der Waals surface area contributed by atoms with E-state index < -0.39 is 0 Å². The Bertz CT molecular complexity index is 104. The van der Waals surface area contributed by atoms with Crippen LogP contribution in [0, 0.1) is 0 Å². The van der Waals surface area contributed by atoms with Crippen LogP contribution in [-0.4, -0.2) is 18.5 Å². The fourth-order valence-corrected chi connectivity index (χ4v) is 0.699. The lowest BCUT2D eigenvalue weighted by molar-refractivity contribution is -0.121. The van der Waals surface area contributed by atoms with Gasteiger partial charge in [0, 0.05) is 12.5 Å². The molecule has 1 atom stereocenters. The fourth-order valence-electron chi connectivity index (χ4n) is 0.699. The van der Waals surface area contributed by atoms with Gasteiger partial charge in [0.25, 0.3) is 0 Å². The van der Waals surface area contributed by atoms with Crippen LogP contribution in [0.25, 0.3) is 0 Å². The molecule has 0 bridgehead atoms. The number of amides is 1. The second kappa shape index (κ2) is 5.23. The molecule has 0 aromatic heterocycles. The number of rotatable bonds is 4. The number of hydrogen-bond acceptors (Lipinski definition) is 2. The van der Waals surface area contributed by atoms with Crippen LogP contribution >= 0.6 is 0 Å². The van der Waals surface area contributed by atoms with E-state index in [2.05, 4.69) is 5.32 Å². The number of hydrogen-bond donors (Lipinski definition) is 2. The van der Waals surface area contributed by atoms with Crippen LogP contribution in [0.5, 0.6) is 0 Å². The highest BCUT2D eigenvalue weighted by Gasteiger charge is 2.02. The molecule has 0 aliphatic carbocycles. The first-order valence-corrected chi connectivity index (χ1v) is 3.70. The molecule has 0 aromatic rings. The molecule has 3 N–H and O–H groups in total. The lowest BCUT2D eigenvalue weighted by Crippen LogP contribution is -2.33. The fraction of sp³-hybridized carbons (Fsp3) is 0.857. The van der Waals surface area contributed by atoms with E-state index in [1.54, 1.807) is 0 Å². The largest absolute Gasteiger partial charge is 0.354 e. The lowest BCUT2D eigenvalue weighted by atomic mass is 10.2. The minimum Gasteiger partial charge on any atom is -0.354 e. The van der Waals surface area contributed by atoms with Crippen LogP contribution in [0.3, 0.4) is 0 Å². The Hall–Kier alpha value is -0.570. The van der Waals surface area contributed by atoms with E-state index in [-0.39, 0.29) is 11.9 Å². The molecule has 1 amide bonds. The molecule has 0 aliphatic heterocycles. The molecule has 0 heterocycles. The highest BCUT2D eigenvalue weighted by atomic mass is 16.1. The van der Waals surface area contributed by atoms with Gasteiger partial charge in [-0.3, -0.25) is 4.79 Å². The average Bonchev–Trinajstić information content (AvgIpc) is 1.88. The summed E-state index contributed by atoms with van der Waals surface area (Å²) in [7, 11) is 0. The number of carbonyl (C=O) groups excluding carboxylic acids is 1. The van der Waals surface area contributed by atoms with Gasteiger partial charge in [-0.2, -0.15) is 0 Å². The normalized spacial score (nSPS) is 12.7. The Morgan fingerprint density at radius 2 is 2.30 bits per heavy atom. The summed E-state index contributed by atoms with van der Waals surface area (Å²) in [6.07, 6.45) is 1.40. The predicted molar refractivity (Wildman–Crippen MR) is 41.6 cm³/mol. The predicted octanol–water partition coefficient (Wildman–Crippen LogP) is 0.250. The van der Waals surface area contributed by atoms with Crippen LogP contribution in [0.1, 0.15) is 26.7 Å². The molecule has 3 nitrogen and oxygen atoms in total. The summed E-state index contributed by atoms with van der Waals surface area (Å²) < 4.78 is 0. The smallest absolute Gasteiger partial charge is 0.219 e. The van der Waals surface area contributed by atoms with Gasteiger partial charge in [0.2, 0.25) is 5.91 Å². The molecular formula is C7H16N2O. The highest BCUT2D eigenvalue weighted by Crippen LogP contribution is 1.87. The van der Waals surface area contributed by atoms with Gasteiger partial charge < -0.3 is 11.1 Å². The van der Waals surface area contributed by atoms with Crippen LogP contribution < -0.4 is 11.1 Å². The zero-order chi connectivity index (χ0) is 7.98. The molecule has 0 fully saturated rings. The molecule has 0 rings (SSSR count). The van der Waals surface area contributed by atoms with Gasteiger partial charge in [0.05, 0.1) is 0 Å². The summed E-state index contributed by atoms with van der Waals surface area (Å²) in [4.78, 5) is 10.7. The Morgan fingerprint density at radius 1 is 1.70 bits per heavy atom. The van der Waals surface area contributed by atoms with Crippen molar-refractivity contribution in [1.29, 1.82) is 0 Å². The van der Waals surface area contributed by atoms with E-state index in [0.29, 0.717) is 13.0 Å². The maximum Gasteiger partial charge on any atom is 0.219 e. The van der Waals surface area contributed by atoms with Crippen molar-refractivity contribution >= 4 is 5.91 Å². The second-order valence-corrected chi connectivity index (χ2v) is 2.40. The molecule has 0 saturated heterocycles. The van der Waals surface area contributed by atoms with Crippen LogP contribution in [0.15, 0.2) is 0 Å². The topological polar surface area (TPSA) is 55.1 Å². The maximum atomic E-state index is 10.7. The van der Waals surface area contributed by atoms with Crippen molar-refractivity contribution in [3.63, 3.8) is 0 Å². The maximum absolute atomic E-state index is 10.7. The van der Waals surface area contributed by atoms with Gasteiger partial charge in [-0.15, -0.1) is 0 Å². The lowest BCUT2D eigenvalue weighted by Gasteiger charge is -2.10. The molecular weight excluding hydrogens is 128 g/mol. The first kappa shape index (κ1) is 9.43. The molecule has 60 valence electrons. The SMILES string of the molecule is CCC(=O)NC(C)CCN. The minimum atomic E-state index is 0.0981. The summed E-state index contributed by atoms with van der Waals surface area (Å²) in [6, 6.07) is 0.220. The molecule has 0 aliphatic rings. The first-order valence-electron chi connectivity index (χ1n) is 3.70. The van der Waals surface area contributed by atoms with Crippen molar-refractivity contribution in [2.24, 2.45) is 5.73 Å². The van der Waals surface area contributed by atoms with Crippen molar-refractivity contribution in [2.75, 3.05) is 6.54 Å². The van der Waals surface area contributed by atoms with Gasteiger partial charge >= 0.3 is 0 Å². The number of nitrogens with one attached hydrogen (secondary N) is 1. The van der Waals surface area contributed by atoms with Gasteiger partial charge in [-0.25, -0.2) is 0 Å². The standard InChI is InChI=1S/C7H16N2O/c1-3-7(10)9-6(2)4-5-8/h6H,3-5,8H2,1-2H3,(H,9,10). The second-order valence-electron chi connectivity index (χ2n) is 2.40. The Balaban J connectivity index is 3.37. The van der Waals surface area contributed by atoms with Gasteiger partial charge in [0.1, 0.15) is 0 Å². The first-order chi connectivity index (χ1) is 4.70. The zero-order valence-corrected chi connectivity index (χ0v) is 6.68. The summed E-state index contributed by atoms with van der Waals surface area (Å²) in [6.45, 7) is 4.43. The average molecular weight is 144 g/mol. The van der Waals surface area contributed by atoms with E-state index in [4.69, 9.17) is 5.73 Å². The van der Waals surface area contributed by atoms with E-state index >= 15 is 0 Å². The third-order valence-electron chi connectivity index (χ3n) is 1.33. The van der Waals surface area contributed by atoms with E-state index in [0.717, 1.165) is 6.42 Å². The monoisotopic (exact) mass is 144 g/mol.